The molecule has 4 aromatic rings. The Bertz CT molecular complexity index is 1180. The molecule has 8 rings (SSSR count). The molecule has 0 radical (unpaired) electrons. The largest absolute Gasteiger partial charge is 0.307 e. The Hall–Kier alpha value is -3.28. The fourth-order valence-electron chi connectivity index (χ4n) is 8.93. The quantitative estimate of drug-likeness (QED) is 0.161. The summed E-state index contributed by atoms with van der Waals surface area (Å²) in [5, 5.41) is 16.8. The first-order valence-corrected chi connectivity index (χ1v) is 15.7. The standard InChI is InChI=1S/C38H44N4/c1-5-13-31(14-6-1)21-39-35-25-36(40-22-32-15-7-2-8-16-32)28-37(26-35,41-23-33-17-9-3-10-18-33)30-38(27-35,29-36)42-24-34-19-11-4-12-20-34/h1-20,39-42H,21-30H2. The summed E-state index contributed by atoms with van der Waals surface area (Å²) in [7, 11) is 0. The number of nitrogens with one attached hydrogen (secondary N) is 4. The highest BCUT2D eigenvalue weighted by Gasteiger charge is 2.68. The second kappa shape index (κ2) is 11.4. The fraction of sp³-hybridized carbons (Fsp3) is 0.368. The highest BCUT2D eigenvalue weighted by Crippen LogP contribution is 2.61. The second-order valence-corrected chi connectivity index (χ2v) is 13.5. The zero-order chi connectivity index (χ0) is 28.4. The van der Waals surface area contributed by atoms with Gasteiger partial charge in [-0.05, 0) is 60.8 Å². The van der Waals surface area contributed by atoms with Crippen LogP contribution in [-0.4, -0.2) is 22.2 Å². The average molecular weight is 557 g/mol. The van der Waals surface area contributed by atoms with Gasteiger partial charge in [0.25, 0.3) is 0 Å². The molecule has 0 unspecified atom stereocenters. The van der Waals surface area contributed by atoms with Crippen LogP contribution in [0.3, 0.4) is 0 Å². The fourth-order valence-corrected chi connectivity index (χ4v) is 8.93. The van der Waals surface area contributed by atoms with Crippen LogP contribution in [0, 0.1) is 0 Å². The van der Waals surface area contributed by atoms with Crippen LogP contribution in [0.15, 0.2) is 121 Å². The van der Waals surface area contributed by atoms with Crippen LogP contribution in [-0.2, 0) is 26.2 Å². The SMILES string of the molecule is c1ccc(CNC23CC4(NCc5ccccc5)CC(NCc5ccccc5)(C2)CC(NCc2ccccc2)(C3)C4)cc1. The zero-order valence-corrected chi connectivity index (χ0v) is 24.6. The van der Waals surface area contributed by atoms with Crippen LogP contribution >= 0.6 is 0 Å². The molecule has 4 aliphatic carbocycles. The number of hydrogen-bond acceptors (Lipinski definition) is 4. The smallest absolute Gasteiger partial charge is 0.0237 e. The minimum Gasteiger partial charge on any atom is -0.307 e. The lowest BCUT2D eigenvalue weighted by Crippen LogP contribution is -2.82. The molecule has 42 heavy (non-hydrogen) atoms. The maximum atomic E-state index is 4.19. The van der Waals surface area contributed by atoms with Gasteiger partial charge >= 0.3 is 0 Å². The molecule has 4 heteroatoms. The molecule has 4 N–H and O–H groups in total. The van der Waals surface area contributed by atoms with E-state index >= 15 is 0 Å². The highest BCUT2D eigenvalue weighted by atomic mass is 15.2. The van der Waals surface area contributed by atoms with Crippen molar-refractivity contribution in [1.29, 1.82) is 0 Å². The van der Waals surface area contributed by atoms with Gasteiger partial charge in [0.05, 0.1) is 0 Å². The van der Waals surface area contributed by atoms with Crippen molar-refractivity contribution >= 4 is 0 Å². The minimum absolute atomic E-state index is 0.0433. The second-order valence-electron chi connectivity index (χ2n) is 13.5. The Morgan fingerprint density at radius 1 is 0.310 bits per heavy atom. The predicted molar refractivity (Wildman–Crippen MR) is 172 cm³/mol. The third-order valence-electron chi connectivity index (χ3n) is 10.1. The Labute approximate surface area is 251 Å². The summed E-state index contributed by atoms with van der Waals surface area (Å²) < 4.78 is 0. The van der Waals surface area contributed by atoms with E-state index in [9.17, 15) is 0 Å². The molecule has 4 saturated carbocycles. The van der Waals surface area contributed by atoms with Gasteiger partial charge in [0, 0.05) is 48.3 Å². The van der Waals surface area contributed by atoms with Gasteiger partial charge in [-0.3, -0.25) is 0 Å². The van der Waals surface area contributed by atoms with Crippen LogP contribution in [0.25, 0.3) is 0 Å². The molecule has 4 nitrogen and oxygen atoms in total. The van der Waals surface area contributed by atoms with E-state index in [2.05, 4.69) is 143 Å². The van der Waals surface area contributed by atoms with Crippen LogP contribution in [0.2, 0.25) is 0 Å². The van der Waals surface area contributed by atoms with Gasteiger partial charge in [-0.2, -0.15) is 0 Å². The van der Waals surface area contributed by atoms with E-state index in [1.54, 1.807) is 0 Å². The summed E-state index contributed by atoms with van der Waals surface area (Å²) in [6.45, 7) is 3.61. The Morgan fingerprint density at radius 2 is 0.500 bits per heavy atom. The van der Waals surface area contributed by atoms with E-state index in [1.165, 1.54) is 22.3 Å². The molecule has 216 valence electrons. The summed E-state index contributed by atoms with van der Waals surface area (Å²) in [6, 6.07) is 43.7. The van der Waals surface area contributed by atoms with E-state index in [-0.39, 0.29) is 22.2 Å². The predicted octanol–water partition coefficient (Wildman–Crippen LogP) is 6.48. The number of rotatable bonds is 12. The molecule has 0 saturated heterocycles. The van der Waals surface area contributed by atoms with Crippen LogP contribution in [0.1, 0.15) is 60.8 Å². The molecule has 0 atom stereocenters. The minimum atomic E-state index is 0.0433. The Kier molecular flexibility index (Phi) is 7.49. The summed E-state index contributed by atoms with van der Waals surface area (Å²) in [6.07, 6.45) is 6.94. The highest BCUT2D eigenvalue weighted by molar-refractivity contribution is 5.31. The molecular weight excluding hydrogens is 512 g/mol. The number of hydrogen-bond donors (Lipinski definition) is 4. The molecule has 4 aromatic carbocycles. The number of benzene rings is 4. The van der Waals surface area contributed by atoms with Gasteiger partial charge in [0.2, 0.25) is 0 Å². The average Bonchev–Trinajstić information content (AvgIpc) is 3.03. The van der Waals surface area contributed by atoms with Crippen molar-refractivity contribution in [3.05, 3.63) is 144 Å². The van der Waals surface area contributed by atoms with Crippen molar-refractivity contribution in [3.63, 3.8) is 0 Å². The molecule has 0 heterocycles. The molecule has 4 aliphatic rings. The molecule has 0 amide bonds. The van der Waals surface area contributed by atoms with E-state index in [0.29, 0.717) is 0 Å². The van der Waals surface area contributed by atoms with Crippen LogP contribution in [0.5, 0.6) is 0 Å². The molecule has 0 aromatic heterocycles. The maximum absolute atomic E-state index is 4.19. The van der Waals surface area contributed by atoms with Crippen molar-refractivity contribution in [2.75, 3.05) is 0 Å². The monoisotopic (exact) mass is 556 g/mol. The molecule has 4 fully saturated rings. The van der Waals surface area contributed by atoms with Crippen LogP contribution in [0.4, 0.5) is 0 Å². The van der Waals surface area contributed by atoms with Crippen molar-refractivity contribution in [2.24, 2.45) is 0 Å². The summed E-state index contributed by atoms with van der Waals surface area (Å²) in [5.41, 5.74) is 5.61. The lowest BCUT2D eigenvalue weighted by molar-refractivity contribution is -0.107. The van der Waals surface area contributed by atoms with Gasteiger partial charge < -0.3 is 21.3 Å². The molecule has 0 aliphatic heterocycles. The first-order valence-electron chi connectivity index (χ1n) is 15.7. The van der Waals surface area contributed by atoms with Gasteiger partial charge in [0.15, 0.2) is 0 Å². The molecule has 4 bridgehead atoms. The lowest BCUT2D eigenvalue weighted by Gasteiger charge is -2.71. The van der Waals surface area contributed by atoms with Crippen LogP contribution < -0.4 is 21.3 Å². The first kappa shape index (κ1) is 27.5. The summed E-state index contributed by atoms with van der Waals surface area (Å²) >= 11 is 0. The van der Waals surface area contributed by atoms with E-state index < -0.39 is 0 Å². The maximum Gasteiger partial charge on any atom is 0.0237 e. The topological polar surface area (TPSA) is 48.1 Å². The van der Waals surface area contributed by atoms with E-state index in [4.69, 9.17) is 0 Å². The van der Waals surface area contributed by atoms with Crippen molar-refractivity contribution < 1.29 is 0 Å². The van der Waals surface area contributed by atoms with E-state index in [0.717, 1.165) is 64.7 Å². The molecular formula is C38H44N4. The van der Waals surface area contributed by atoms with Gasteiger partial charge in [-0.15, -0.1) is 0 Å². The third kappa shape index (κ3) is 5.95. The lowest BCUT2D eigenvalue weighted by atomic mass is 9.44. The normalized spacial score (nSPS) is 29.5. The van der Waals surface area contributed by atoms with Crippen molar-refractivity contribution in [2.45, 2.75) is 86.9 Å². The Morgan fingerprint density at radius 3 is 0.690 bits per heavy atom. The van der Waals surface area contributed by atoms with Gasteiger partial charge in [-0.25, -0.2) is 0 Å². The summed E-state index contributed by atoms with van der Waals surface area (Å²) in [4.78, 5) is 0. The Balaban J connectivity index is 1.23. The van der Waals surface area contributed by atoms with Crippen molar-refractivity contribution in [3.8, 4) is 0 Å². The van der Waals surface area contributed by atoms with E-state index in [1.807, 2.05) is 0 Å². The van der Waals surface area contributed by atoms with Crippen molar-refractivity contribution in [1.82, 2.24) is 21.3 Å². The third-order valence-corrected chi connectivity index (χ3v) is 10.1. The summed E-state index contributed by atoms with van der Waals surface area (Å²) in [5.74, 6) is 0. The van der Waals surface area contributed by atoms with Gasteiger partial charge in [-0.1, -0.05) is 121 Å². The first-order chi connectivity index (χ1) is 20.6. The zero-order valence-electron chi connectivity index (χ0n) is 24.6. The molecule has 0 spiro atoms. The van der Waals surface area contributed by atoms with Gasteiger partial charge in [0.1, 0.15) is 0 Å².